The van der Waals surface area contributed by atoms with Gasteiger partial charge in [-0.05, 0) is 29.7 Å². The number of carbonyl (C=O) groups is 1. The molecule has 5 nitrogen and oxygen atoms in total. The minimum Gasteiger partial charge on any atom is -0.478 e. The minimum absolute atomic E-state index is 0.162. The third-order valence-electron chi connectivity index (χ3n) is 2.96. The lowest BCUT2D eigenvalue weighted by Gasteiger charge is -2.08. The summed E-state index contributed by atoms with van der Waals surface area (Å²) in [5.74, 6) is -0.398. The lowest BCUT2D eigenvalue weighted by Crippen LogP contribution is -1.99. The van der Waals surface area contributed by atoms with Crippen LogP contribution in [0.4, 0.5) is 11.5 Å². The molecule has 2 N–H and O–H groups in total. The van der Waals surface area contributed by atoms with E-state index >= 15 is 0 Å². The minimum atomic E-state index is -0.988. The average Bonchev–Trinajstić information content (AvgIpc) is 2.48. The first kappa shape index (κ1) is 12.1. The van der Waals surface area contributed by atoms with Crippen LogP contribution < -0.4 is 5.32 Å². The van der Waals surface area contributed by atoms with Gasteiger partial charge in [0.05, 0.1) is 5.56 Å². The summed E-state index contributed by atoms with van der Waals surface area (Å²) >= 11 is 0. The van der Waals surface area contributed by atoms with Gasteiger partial charge in [0.15, 0.2) is 0 Å². The summed E-state index contributed by atoms with van der Waals surface area (Å²) in [6.45, 7) is 0. The van der Waals surface area contributed by atoms with Crippen LogP contribution in [0.2, 0.25) is 0 Å². The van der Waals surface area contributed by atoms with E-state index < -0.39 is 5.97 Å². The summed E-state index contributed by atoms with van der Waals surface area (Å²) in [5.41, 5.74) is 1.04. The van der Waals surface area contributed by atoms with Crippen molar-refractivity contribution in [2.45, 2.75) is 0 Å². The van der Waals surface area contributed by atoms with E-state index in [0.29, 0.717) is 5.82 Å². The molecule has 5 heteroatoms. The summed E-state index contributed by atoms with van der Waals surface area (Å²) in [6, 6.07) is 11.0. The van der Waals surface area contributed by atoms with E-state index in [1.54, 1.807) is 18.5 Å². The van der Waals surface area contributed by atoms with Gasteiger partial charge in [0.1, 0.15) is 5.82 Å². The Morgan fingerprint density at radius 1 is 1.10 bits per heavy atom. The maximum Gasteiger partial charge on any atom is 0.337 e. The van der Waals surface area contributed by atoms with Crippen molar-refractivity contribution in [1.29, 1.82) is 0 Å². The first-order valence-electron chi connectivity index (χ1n) is 6.03. The van der Waals surface area contributed by atoms with E-state index in [1.165, 1.54) is 12.3 Å². The standard InChI is InChI=1S/C15H11N3O2/c19-15(20)11-4-5-14(17-8-11)18-13-3-1-2-10-6-7-16-9-12(10)13/h1-9H,(H,17,18)(H,19,20). The fourth-order valence-corrected chi connectivity index (χ4v) is 1.95. The number of carboxylic acids is 1. The number of pyridine rings is 2. The highest BCUT2D eigenvalue weighted by Crippen LogP contribution is 2.24. The van der Waals surface area contributed by atoms with Crippen molar-refractivity contribution in [2.24, 2.45) is 0 Å². The van der Waals surface area contributed by atoms with Crippen molar-refractivity contribution in [3.8, 4) is 0 Å². The molecule has 2 aromatic heterocycles. The normalized spacial score (nSPS) is 10.4. The smallest absolute Gasteiger partial charge is 0.337 e. The van der Waals surface area contributed by atoms with Gasteiger partial charge in [-0.15, -0.1) is 0 Å². The van der Waals surface area contributed by atoms with Crippen molar-refractivity contribution < 1.29 is 9.90 Å². The Hall–Kier alpha value is -2.95. The number of carboxylic acid groups (broad SMARTS) is 1. The summed E-state index contributed by atoms with van der Waals surface area (Å²) in [6.07, 6.45) is 4.85. The highest BCUT2D eigenvalue weighted by Gasteiger charge is 2.05. The van der Waals surface area contributed by atoms with Gasteiger partial charge in [-0.25, -0.2) is 9.78 Å². The Morgan fingerprint density at radius 2 is 2.00 bits per heavy atom. The molecule has 0 aliphatic carbocycles. The van der Waals surface area contributed by atoms with Crippen LogP contribution in [0.3, 0.4) is 0 Å². The Bertz CT molecular complexity index is 764. The molecule has 20 heavy (non-hydrogen) atoms. The van der Waals surface area contributed by atoms with E-state index in [0.717, 1.165) is 16.5 Å². The van der Waals surface area contributed by atoms with Gasteiger partial charge < -0.3 is 10.4 Å². The van der Waals surface area contributed by atoms with Crippen LogP contribution in [0.15, 0.2) is 55.0 Å². The second kappa shape index (κ2) is 4.97. The van der Waals surface area contributed by atoms with Gasteiger partial charge in [-0.1, -0.05) is 12.1 Å². The third-order valence-corrected chi connectivity index (χ3v) is 2.96. The number of nitrogens with one attached hydrogen (secondary N) is 1. The molecule has 0 saturated heterocycles. The Balaban J connectivity index is 1.95. The molecule has 0 atom stereocenters. The Morgan fingerprint density at radius 3 is 2.75 bits per heavy atom. The molecule has 0 fully saturated rings. The molecule has 1 aromatic carbocycles. The van der Waals surface area contributed by atoms with Crippen molar-refractivity contribution in [2.75, 3.05) is 5.32 Å². The van der Waals surface area contributed by atoms with Crippen molar-refractivity contribution in [1.82, 2.24) is 9.97 Å². The zero-order valence-electron chi connectivity index (χ0n) is 10.4. The van der Waals surface area contributed by atoms with Crippen LogP contribution >= 0.6 is 0 Å². The molecule has 0 spiro atoms. The molecule has 0 aliphatic heterocycles. The van der Waals surface area contributed by atoms with Crippen molar-refractivity contribution in [3.05, 3.63) is 60.6 Å². The molecule has 0 aliphatic rings. The Kier molecular flexibility index (Phi) is 3.01. The van der Waals surface area contributed by atoms with Crippen LogP contribution in [0.25, 0.3) is 10.8 Å². The maximum absolute atomic E-state index is 10.8. The molecule has 0 amide bonds. The average molecular weight is 265 g/mol. The van der Waals surface area contributed by atoms with Crippen LogP contribution in [-0.2, 0) is 0 Å². The van der Waals surface area contributed by atoms with Gasteiger partial charge in [0, 0.05) is 29.7 Å². The highest BCUT2D eigenvalue weighted by molar-refractivity contribution is 5.94. The second-order valence-electron chi connectivity index (χ2n) is 4.26. The lowest BCUT2D eigenvalue weighted by molar-refractivity contribution is 0.0696. The first-order valence-corrected chi connectivity index (χ1v) is 6.03. The van der Waals surface area contributed by atoms with Gasteiger partial charge >= 0.3 is 5.97 Å². The monoisotopic (exact) mass is 265 g/mol. The summed E-state index contributed by atoms with van der Waals surface area (Å²) < 4.78 is 0. The summed E-state index contributed by atoms with van der Waals surface area (Å²) in [5, 5.41) is 14.1. The lowest BCUT2D eigenvalue weighted by atomic mass is 10.1. The number of aromatic carboxylic acids is 1. The van der Waals surface area contributed by atoms with E-state index in [2.05, 4.69) is 15.3 Å². The number of hydrogen-bond donors (Lipinski definition) is 2. The zero-order valence-corrected chi connectivity index (χ0v) is 10.4. The van der Waals surface area contributed by atoms with Crippen LogP contribution in [0.1, 0.15) is 10.4 Å². The molecule has 2 heterocycles. The molecule has 3 rings (SSSR count). The van der Waals surface area contributed by atoms with Gasteiger partial charge in [0.25, 0.3) is 0 Å². The van der Waals surface area contributed by atoms with Gasteiger partial charge in [-0.3, -0.25) is 4.98 Å². The number of nitrogens with zero attached hydrogens (tertiary/aromatic N) is 2. The third kappa shape index (κ3) is 2.29. The molecular weight excluding hydrogens is 254 g/mol. The SMILES string of the molecule is O=C(O)c1ccc(Nc2cccc3ccncc23)nc1. The second-order valence-corrected chi connectivity index (χ2v) is 4.26. The molecule has 0 saturated carbocycles. The van der Waals surface area contributed by atoms with Crippen LogP contribution in [-0.4, -0.2) is 21.0 Å². The Labute approximate surface area is 114 Å². The largest absolute Gasteiger partial charge is 0.478 e. The van der Waals surface area contributed by atoms with Gasteiger partial charge in [-0.2, -0.15) is 0 Å². The van der Waals surface area contributed by atoms with Gasteiger partial charge in [0.2, 0.25) is 0 Å². The molecule has 0 radical (unpaired) electrons. The molecular formula is C15H11N3O2. The van der Waals surface area contributed by atoms with E-state index in [1.807, 2.05) is 24.3 Å². The fourth-order valence-electron chi connectivity index (χ4n) is 1.95. The number of aromatic nitrogens is 2. The number of rotatable bonds is 3. The highest BCUT2D eigenvalue weighted by atomic mass is 16.4. The maximum atomic E-state index is 10.8. The fraction of sp³-hybridized carbons (Fsp3) is 0. The van der Waals surface area contributed by atoms with Crippen molar-refractivity contribution in [3.63, 3.8) is 0 Å². The van der Waals surface area contributed by atoms with E-state index in [-0.39, 0.29) is 5.56 Å². The molecule has 3 aromatic rings. The molecule has 0 bridgehead atoms. The van der Waals surface area contributed by atoms with Crippen LogP contribution in [0, 0.1) is 0 Å². The number of benzene rings is 1. The summed E-state index contributed by atoms with van der Waals surface area (Å²) in [7, 11) is 0. The van der Waals surface area contributed by atoms with E-state index in [4.69, 9.17) is 5.11 Å². The quantitative estimate of drug-likeness (QED) is 0.761. The van der Waals surface area contributed by atoms with Crippen molar-refractivity contribution >= 4 is 28.2 Å². The zero-order chi connectivity index (χ0) is 13.9. The topological polar surface area (TPSA) is 75.1 Å². The summed E-state index contributed by atoms with van der Waals surface area (Å²) in [4.78, 5) is 19.0. The predicted molar refractivity (Wildman–Crippen MR) is 76.2 cm³/mol. The number of hydrogen-bond acceptors (Lipinski definition) is 4. The number of fused-ring (bicyclic) bond motifs is 1. The predicted octanol–water partition coefficient (Wildman–Crippen LogP) is 3.07. The molecule has 0 unspecified atom stereocenters. The first-order chi connectivity index (χ1) is 9.74. The van der Waals surface area contributed by atoms with Crippen LogP contribution in [0.5, 0.6) is 0 Å². The molecule has 98 valence electrons. The number of anilines is 2. The van der Waals surface area contributed by atoms with E-state index in [9.17, 15) is 4.79 Å².